The molecule has 0 saturated heterocycles. The van der Waals surface area contributed by atoms with Crippen LogP contribution in [0.5, 0.6) is 6.01 Å². The van der Waals surface area contributed by atoms with Gasteiger partial charge >= 0.3 is 6.01 Å². The predicted octanol–water partition coefficient (Wildman–Crippen LogP) is 0.425. The van der Waals surface area contributed by atoms with Crippen molar-refractivity contribution in [3.05, 3.63) is 0 Å². The number of nitrogens with two attached hydrogens (primary N) is 1. The lowest BCUT2D eigenvalue weighted by molar-refractivity contribution is 0.178. The Morgan fingerprint density at radius 1 is 1.39 bits per heavy atom. The predicted molar refractivity (Wildman–Crippen MR) is 67.2 cm³/mol. The zero-order chi connectivity index (χ0) is 13.0. The maximum atomic E-state index is 9.45. The van der Waals surface area contributed by atoms with Gasteiger partial charge < -0.3 is 20.9 Å². The van der Waals surface area contributed by atoms with Crippen LogP contribution in [0.2, 0.25) is 0 Å². The molecule has 2 atom stereocenters. The van der Waals surface area contributed by atoms with Gasteiger partial charge in [-0.25, -0.2) is 0 Å². The Labute approximate surface area is 106 Å². The largest absolute Gasteiger partial charge is 0.464 e. The van der Waals surface area contributed by atoms with Gasteiger partial charge in [0.1, 0.15) is 0 Å². The molecule has 0 aromatic carbocycles. The molecule has 7 heteroatoms. The molecule has 1 aliphatic carbocycles. The lowest BCUT2D eigenvalue weighted by Gasteiger charge is -2.11. The molecule has 0 spiro atoms. The summed E-state index contributed by atoms with van der Waals surface area (Å²) >= 11 is 0. The zero-order valence-corrected chi connectivity index (χ0v) is 10.5. The van der Waals surface area contributed by atoms with Crippen LogP contribution in [-0.2, 0) is 0 Å². The van der Waals surface area contributed by atoms with Gasteiger partial charge in [0.25, 0.3) is 0 Å². The van der Waals surface area contributed by atoms with Crippen LogP contribution in [-0.4, -0.2) is 39.3 Å². The number of rotatable bonds is 5. The minimum Gasteiger partial charge on any atom is -0.464 e. The van der Waals surface area contributed by atoms with E-state index in [9.17, 15) is 5.11 Å². The van der Waals surface area contributed by atoms with Crippen molar-refractivity contribution in [3.63, 3.8) is 0 Å². The first-order valence-electron chi connectivity index (χ1n) is 6.23. The molecule has 4 N–H and O–H groups in total. The van der Waals surface area contributed by atoms with Crippen molar-refractivity contribution in [1.82, 2.24) is 15.0 Å². The van der Waals surface area contributed by atoms with E-state index in [2.05, 4.69) is 20.3 Å². The van der Waals surface area contributed by atoms with Crippen molar-refractivity contribution in [2.45, 2.75) is 32.3 Å². The Morgan fingerprint density at radius 3 is 2.89 bits per heavy atom. The molecule has 1 aromatic rings. The van der Waals surface area contributed by atoms with E-state index in [4.69, 9.17) is 10.5 Å². The number of anilines is 2. The number of nitrogens with one attached hydrogen (secondary N) is 1. The fourth-order valence-electron chi connectivity index (χ4n) is 2.11. The molecular weight excluding hydrogens is 234 g/mol. The van der Waals surface area contributed by atoms with Crippen LogP contribution in [0, 0.1) is 5.92 Å². The number of aliphatic hydroxyl groups is 1. The minimum atomic E-state index is -0.167. The molecule has 7 nitrogen and oxygen atoms in total. The normalized spacial score (nSPS) is 23.0. The van der Waals surface area contributed by atoms with E-state index >= 15 is 0 Å². The maximum Gasteiger partial charge on any atom is 0.323 e. The SMILES string of the molecule is CCOc1nc(N)nc(NCC2CCC(O)C2)n1. The summed E-state index contributed by atoms with van der Waals surface area (Å²) in [6.45, 7) is 3.07. The molecule has 0 amide bonds. The van der Waals surface area contributed by atoms with Crippen molar-refractivity contribution < 1.29 is 9.84 Å². The van der Waals surface area contributed by atoms with Gasteiger partial charge in [0.2, 0.25) is 11.9 Å². The molecule has 2 rings (SSSR count). The Bertz CT molecular complexity index is 401. The van der Waals surface area contributed by atoms with Gasteiger partial charge in [-0.05, 0) is 32.1 Å². The highest BCUT2D eigenvalue weighted by molar-refractivity contribution is 5.32. The second-order valence-corrected chi connectivity index (χ2v) is 4.45. The van der Waals surface area contributed by atoms with Crippen LogP contribution in [0.1, 0.15) is 26.2 Å². The Hall–Kier alpha value is -1.63. The average molecular weight is 253 g/mol. The first-order valence-corrected chi connectivity index (χ1v) is 6.23. The Morgan fingerprint density at radius 2 is 2.22 bits per heavy atom. The third-order valence-corrected chi connectivity index (χ3v) is 2.97. The highest BCUT2D eigenvalue weighted by Gasteiger charge is 2.22. The summed E-state index contributed by atoms with van der Waals surface area (Å²) in [6.07, 6.45) is 2.55. The standard InChI is InChI=1S/C11H19N5O2/c1-2-18-11-15-9(12)14-10(16-11)13-6-7-3-4-8(17)5-7/h7-8,17H,2-6H2,1H3,(H3,12,13,14,15,16). The monoisotopic (exact) mass is 253 g/mol. The van der Waals surface area contributed by atoms with Crippen molar-refractivity contribution in [2.75, 3.05) is 24.2 Å². The molecule has 0 radical (unpaired) electrons. The molecular formula is C11H19N5O2. The number of nitrogens with zero attached hydrogens (tertiary/aromatic N) is 3. The second kappa shape index (κ2) is 5.81. The summed E-state index contributed by atoms with van der Waals surface area (Å²) in [5, 5.41) is 12.6. The minimum absolute atomic E-state index is 0.141. The maximum absolute atomic E-state index is 9.45. The van der Waals surface area contributed by atoms with Gasteiger partial charge in [0, 0.05) is 6.54 Å². The van der Waals surface area contributed by atoms with Gasteiger partial charge in [0.15, 0.2) is 0 Å². The fraction of sp³-hybridized carbons (Fsp3) is 0.727. The molecule has 1 aliphatic rings. The van der Waals surface area contributed by atoms with Gasteiger partial charge in [-0.1, -0.05) is 0 Å². The van der Waals surface area contributed by atoms with E-state index in [-0.39, 0.29) is 18.1 Å². The van der Waals surface area contributed by atoms with Gasteiger partial charge in [0.05, 0.1) is 12.7 Å². The van der Waals surface area contributed by atoms with Gasteiger partial charge in [-0.15, -0.1) is 0 Å². The third kappa shape index (κ3) is 3.43. The fourth-order valence-corrected chi connectivity index (χ4v) is 2.11. The van der Waals surface area contributed by atoms with Crippen LogP contribution in [0.15, 0.2) is 0 Å². The molecule has 1 heterocycles. The summed E-state index contributed by atoms with van der Waals surface area (Å²) in [7, 11) is 0. The Kier molecular flexibility index (Phi) is 4.14. The van der Waals surface area contributed by atoms with Crippen LogP contribution in [0.25, 0.3) is 0 Å². The topological polar surface area (TPSA) is 106 Å². The lowest BCUT2D eigenvalue weighted by atomic mass is 10.1. The van der Waals surface area contributed by atoms with E-state index in [0.717, 1.165) is 25.8 Å². The molecule has 1 fully saturated rings. The second-order valence-electron chi connectivity index (χ2n) is 4.45. The van der Waals surface area contributed by atoms with Crippen molar-refractivity contribution in [3.8, 4) is 6.01 Å². The van der Waals surface area contributed by atoms with Crippen molar-refractivity contribution in [1.29, 1.82) is 0 Å². The number of nitrogen functional groups attached to an aromatic ring is 1. The number of aliphatic hydroxyl groups excluding tert-OH is 1. The summed E-state index contributed by atoms with van der Waals surface area (Å²) in [6, 6.07) is 0.235. The van der Waals surface area contributed by atoms with Gasteiger partial charge in [-0.2, -0.15) is 15.0 Å². The van der Waals surface area contributed by atoms with Crippen molar-refractivity contribution >= 4 is 11.9 Å². The van der Waals surface area contributed by atoms with E-state index in [1.54, 1.807) is 0 Å². The van der Waals surface area contributed by atoms with Crippen molar-refractivity contribution in [2.24, 2.45) is 5.92 Å². The molecule has 100 valence electrons. The molecule has 18 heavy (non-hydrogen) atoms. The average Bonchev–Trinajstić information content (AvgIpc) is 2.72. The summed E-state index contributed by atoms with van der Waals surface area (Å²) in [5.41, 5.74) is 5.57. The molecule has 0 bridgehead atoms. The number of aromatic nitrogens is 3. The van der Waals surface area contributed by atoms with Crippen LogP contribution < -0.4 is 15.8 Å². The van der Waals surface area contributed by atoms with Crippen LogP contribution in [0.4, 0.5) is 11.9 Å². The Balaban J connectivity index is 1.92. The van der Waals surface area contributed by atoms with Gasteiger partial charge in [-0.3, -0.25) is 0 Å². The zero-order valence-electron chi connectivity index (χ0n) is 10.5. The number of ether oxygens (including phenoxy) is 1. The third-order valence-electron chi connectivity index (χ3n) is 2.97. The lowest BCUT2D eigenvalue weighted by Crippen LogP contribution is -2.15. The smallest absolute Gasteiger partial charge is 0.323 e. The van der Waals surface area contributed by atoms with E-state index < -0.39 is 0 Å². The van der Waals surface area contributed by atoms with Crippen LogP contribution >= 0.6 is 0 Å². The van der Waals surface area contributed by atoms with E-state index in [0.29, 0.717) is 18.5 Å². The molecule has 1 aromatic heterocycles. The van der Waals surface area contributed by atoms with E-state index in [1.165, 1.54) is 0 Å². The first kappa shape index (κ1) is 12.8. The molecule has 1 saturated carbocycles. The highest BCUT2D eigenvalue weighted by atomic mass is 16.5. The summed E-state index contributed by atoms with van der Waals surface area (Å²) < 4.78 is 5.19. The molecule has 0 aliphatic heterocycles. The first-order chi connectivity index (χ1) is 8.67. The summed E-state index contributed by atoms with van der Waals surface area (Å²) in [5.74, 6) is 1.02. The number of hydrogen-bond acceptors (Lipinski definition) is 7. The van der Waals surface area contributed by atoms with Crippen LogP contribution in [0.3, 0.4) is 0 Å². The molecule has 2 unspecified atom stereocenters. The highest BCUT2D eigenvalue weighted by Crippen LogP contribution is 2.25. The quantitative estimate of drug-likeness (QED) is 0.698. The number of hydrogen-bond donors (Lipinski definition) is 3. The van der Waals surface area contributed by atoms with E-state index in [1.807, 2.05) is 6.92 Å². The summed E-state index contributed by atoms with van der Waals surface area (Å²) in [4.78, 5) is 12.0.